The molecular weight excluding hydrogens is 338 g/mol. The number of H-pyrrole nitrogens is 1. The first-order chi connectivity index (χ1) is 13.2. The molecule has 6 nitrogen and oxygen atoms in total. The Morgan fingerprint density at radius 1 is 1.04 bits per heavy atom. The summed E-state index contributed by atoms with van der Waals surface area (Å²) >= 11 is 0. The van der Waals surface area contributed by atoms with Crippen molar-refractivity contribution in [2.24, 2.45) is 0 Å². The molecule has 0 radical (unpaired) electrons. The van der Waals surface area contributed by atoms with Gasteiger partial charge >= 0.3 is 0 Å². The molecule has 0 atom stereocenters. The number of aromatic nitrogens is 4. The van der Waals surface area contributed by atoms with E-state index in [0.29, 0.717) is 5.88 Å². The highest BCUT2D eigenvalue weighted by molar-refractivity contribution is 5.85. The van der Waals surface area contributed by atoms with Gasteiger partial charge < -0.3 is 15.0 Å². The number of methoxy groups -OCH3 is 1. The molecule has 6 heteroatoms. The van der Waals surface area contributed by atoms with Gasteiger partial charge in [-0.25, -0.2) is 15.0 Å². The second-order valence-electron chi connectivity index (χ2n) is 6.43. The van der Waals surface area contributed by atoms with Gasteiger partial charge in [-0.2, -0.15) is 0 Å². The summed E-state index contributed by atoms with van der Waals surface area (Å²) in [6.07, 6.45) is 6.08. The molecule has 3 aromatic heterocycles. The van der Waals surface area contributed by atoms with Crippen LogP contribution in [0.2, 0.25) is 0 Å². The number of fused-ring (bicyclic) bond motifs is 1. The molecular formula is C21H21N5O. The Balaban J connectivity index is 1.48. The van der Waals surface area contributed by atoms with Crippen molar-refractivity contribution in [3.05, 3.63) is 77.4 Å². The van der Waals surface area contributed by atoms with Gasteiger partial charge in [-0.15, -0.1) is 0 Å². The number of ether oxygens (including phenoxy) is 1. The Hall–Kier alpha value is -3.41. The van der Waals surface area contributed by atoms with Crippen LogP contribution in [0, 0.1) is 6.92 Å². The largest absolute Gasteiger partial charge is 0.480 e. The van der Waals surface area contributed by atoms with E-state index in [4.69, 9.17) is 4.74 Å². The van der Waals surface area contributed by atoms with Crippen LogP contribution in [0.25, 0.3) is 11.0 Å². The first kappa shape index (κ1) is 17.0. The molecule has 1 aromatic carbocycles. The molecule has 3 heterocycles. The van der Waals surface area contributed by atoms with Crippen LogP contribution in [0.15, 0.2) is 55.1 Å². The minimum Gasteiger partial charge on any atom is -0.480 e. The first-order valence-electron chi connectivity index (χ1n) is 8.83. The lowest BCUT2D eigenvalue weighted by atomic mass is 10.1. The zero-order valence-electron chi connectivity index (χ0n) is 15.4. The van der Waals surface area contributed by atoms with Crippen LogP contribution >= 0.6 is 0 Å². The zero-order chi connectivity index (χ0) is 18.6. The molecule has 0 aliphatic carbocycles. The van der Waals surface area contributed by atoms with Gasteiger partial charge in [0.2, 0.25) is 5.88 Å². The normalized spacial score (nSPS) is 10.9. The average Bonchev–Trinajstić information content (AvgIpc) is 3.11. The summed E-state index contributed by atoms with van der Waals surface area (Å²) < 4.78 is 5.37. The van der Waals surface area contributed by atoms with Crippen molar-refractivity contribution in [3.8, 4) is 5.88 Å². The molecule has 27 heavy (non-hydrogen) atoms. The van der Waals surface area contributed by atoms with Crippen molar-refractivity contribution in [1.82, 2.24) is 19.9 Å². The number of nitrogens with zero attached hydrogens (tertiary/aromatic N) is 3. The standard InChI is InChI=1S/C21H21N5O/c1-14-5-3-4-6-16(14)11-23-18-8-7-15(10-22-18)9-17-12-24-20-19(17)21(27-2)26-13-25-20/h3-8,10,12-13H,9,11H2,1-2H3,(H,22,23)(H,24,25,26). The van der Waals surface area contributed by atoms with Gasteiger partial charge in [0, 0.05) is 25.4 Å². The Kier molecular flexibility index (Phi) is 4.70. The number of rotatable bonds is 6. The zero-order valence-corrected chi connectivity index (χ0v) is 15.4. The van der Waals surface area contributed by atoms with Crippen LogP contribution in [0.5, 0.6) is 5.88 Å². The van der Waals surface area contributed by atoms with Crippen LogP contribution in [-0.4, -0.2) is 27.0 Å². The lowest BCUT2D eigenvalue weighted by Crippen LogP contribution is -2.03. The van der Waals surface area contributed by atoms with Crippen molar-refractivity contribution in [1.29, 1.82) is 0 Å². The van der Waals surface area contributed by atoms with Crippen LogP contribution in [0.1, 0.15) is 22.3 Å². The second-order valence-corrected chi connectivity index (χ2v) is 6.43. The van der Waals surface area contributed by atoms with E-state index in [0.717, 1.165) is 40.9 Å². The van der Waals surface area contributed by atoms with Crippen LogP contribution < -0.4 is 10.1 Å². The summed E-state index contributed by atoms with van der Waals surface area (Å²) in [5.74, 6) is 1.45. The minimum absolute atomic E-state index is 0.584. The van der Waals surface area contributed by atoms with Gasteiger partial charge in [0.15, 0.2) is 0 Å². The number of hydrogen-bond acceptors (Lipinski definition) is 5. The molecule has 0 spiro atoms. The van der Waals surface area contributed by atoms with E-state index >= 15 is 0 Å². The fourth-order valence-electron chi connectivity index (χ4n) is 3.14. The number of nitrogens with one attached hydrogen (secondary N) is 2. The van der Waals surface area contributed by atoms with Gasteiger partial charge in [-0.05, 0) is 35.2 Å². The Morgan fingerprint density at radius 2 is 1.93 bits per heavy atom. The van der Waals surface area contributed by atoms with E-state index in [2.05, 4.69) is 62.5 Å². The average molecular weight is 359 g/mol. The molecule has 4 rings (SSSR count). The topological polar surface area (TPSA) is 75.7 Å². The minimum atomic E-state index is 0.584. The summed E-state index contributed by atoms with van der Waals surface area (Å²) in [5, 5.41) is 4.30. The highest BCUT2D eigenvalue weighted by atomic mass is 16.5. The lowest BCUT2D eigenvalue weighted by Gasteiger charge is -2.09. The molecule has 2 N–H and O–H groups in total. The molecule has 0 unspecified atom stereocenters. The summed E-state index contributed by atoms with van der Waals surface area (Å²) in [6.45, 7) is 2.88. The van der Waals surface area contributed by atoms with Gasteiger partial charge in [-0.3, -0.25) is 0 Å². The number of benzene rings is 1. The SMILES string of the molecule is COc1ncnc2[nH]cc(Cc3ccc(NCc4ccccc4C)nc3)c12. The van der Waals surface area contributed by atoms with Crippen molar-refractivity contribution in [2.75, 3.05) is 12.4 Å². The molecule has 0 saturated carbocycles. The molecule has 0 aliphatic heterocycles. The highest BCUT2D eigenvalue weighted by Crippen LogP contribution is 2.26. The van der Waals surface area contributed by atoms with Gasteiger partial charge in [-0.1, -0.05) is 30.3 Å². The number of aryl methyl sites for hydroxylation is 1. The maximum absolute atomic E-state index is 5.37. The van der Waals surface area contributed by atoms with Crippen LogP contribution in [0.3, 0.4) is 0 Å². The second kappa shape index (κ2) is 7.45. The van der Waals surface area contributed by atoms with E-state index in [9.17, 15) is 0 Å². The maximum atomic E-state index is 5.37. The van der Waals surface area contributed by atoms with Crippen molar-refractivity contribution >= 4 is 16.9 Å². The predicted molar refractivity (Wildman–Crippen MR) is 106 cm³/mol. The number of pyridine rings is 1. The van der Waals surface area contributed by atoms with E-state index in [1.54, 1.807) is 7.11 Å². The fraction of sp³-hybridized carbons (Fsp3) is 0.190. The fourth-order valence-corrected chi connectivity index (χ4v) is 3.14. The molecule has 0 amide bonds. The summed E-state index contributed by atoms with van der Waals surface area (Å²) in [6, 6.07) is 12.4. The Bertz CT molecular complexity index is 1060. The van der Waals surface area contributed by atoms with Crippen molar-refractivity contribution < 1.29 is 4.74 Å². The van der Waals surface area contributed by atoms with E-state index in [1.807, 2.05) is 18.5 Å². The molecule has 0 fully saturated rings. The summed E-state index contributed by atoms with van der Waals surface area (Å²) in [4.78, 5) is 16.2. The number of aromatic amines is 1. The van der Waals surface area contributed by atoms with Crippen molar-refractivity contribution in [2.45, 2.75) is 19.9 Å². The Morgan fingerprint density at radius 3 is 2.70 bits per heavy atom. The van der Waals surface area contributed by atoms with Gasteiger partial charge in [0.25, 0.3) is 0 Å². The van der Waals surface area contributed by atoms with Crippen LogP contribution in [0.4, 0.5) is 5.82 Å². The maximum Gasteiger partial charge on any atom is 0.226 e. The van der Waals surface area contributed by atoms with Gasteiger partial charge in [0.1, 0.15) is 17.8 Å². The van der Waals surface area contributed by atoms with Gasteiger partial charge in [0.05, 0.1) is 12.5 Å². The smallest absolute Gasteiger partial charge is 0.226 e. The third-order valence-corrected chi connectivity index (χ3v) is 4.65. The van der Waals surface area contributed by atoms with E-state index < -0.39 is 0 Å². The van der Waals surface area contributed by atoms with E-state index in [1.165, 1.54) is 17.5 Å². The Labute approximate surface area is 157 Å². The summed E-state index contributed by atoms with van der Waals surface area (Å²) in [7, 11) is 1.62. The lowest BCUT2D eigenvalue weighted by molar-refractivity contribution is 0.402. The number of hydrogen-bond donors (Lipinski definition) is 2. The predicted octanol–water partition coefficient (Wildman–Crippen LogP) is 3.87. The van der Waals surface area contributed by atoms with Crippen LogP contribution in [-0.2, 0) is 13.0 Å². The third-order valence-electron chi connectivity index (χ3n) is 4.65. The molecule has 136 valence electrons. The molecule has 0 aliphatic rings. The quantitative estimate of drug-likeness (QED) is 0.546. The summed E-state index contributed by atoms with van der Waals surface area (Å²) in [5.41, 5.74) is 5.53. The van der Waals surface area contributed by atoms with E-state index in [-0.39, 0.29) is 0 Å². The molecule has 0 bridgehead atoms. The molecule has 4 aromatic rings. The molecule has 0 saturated heterocycles. The number of anilines is 1. The third kappa shape index (κ3) is 3.60. The highest BCUT2D eigenvalue weighted by Gasteiger charge is 2.12. The monoisotopic (exact) mass is 359 g/mol. The first-order valence-corrected chi connectivity index (χ1v) is 8.83. The van der Waals surface area contributed by atoms with Crippen molar-refractivity contribution in [3.63, 3.8) is 0 Å².